The number of allylic oxidation sites excluding steroid dienone is 2. The van der Waals surface area contributed by atoms with Crippen LogP contribution in [0, 0.1) is 0 Å². The Balaban J connectivity index is 3.92. The molecule has 0 bridgehead atoms. The zero-order chi connectivity index (χ0) is 27.2. The molecule has 0 aliphatic rings. The van der Waals surface area contributed by atoms with E-state index in [9.17, 15) is 9.59 Å². The molecule has 0 saturated heterocycles. The Bertz CT molecular complexity index is 528. The summed E-state index contributed by atoms with van der Waals surface area (Å²) in [6.07, 6.45) is 33.6. The molecule has 0 heterocycles. The SMILES string of the molecule is CCCCCCC/C=C\CCCCCCCC(=O)OC(CCCCCCCC)CCCCCCC(=O)O. The molecule has 0 rings (SSSR count). The molecule has 0 aromatic rings. The molecule has 0 spiro atoms. The molecule has 37 heavy (non-hydrogen) atoms. The summed E-state index contributed by atoms with van der Waals surface area (Å²) in [6.45, 7) is 4.50. The minimum atomic E-state index is -0.713. The quantitative estimate of drug-likeness (QED) is 0.0602. The van der Waals surface area contributed by atoms with Crippen molar-refractivity contribution in [3.05, 3.63) is 12.2 Å². The molecular formula is C33H62O4. The highest BCUT2D eigenvalue weighted by Crippen LogP contribution is 2.18. The van der Waals surface area contributed by atoms with Gasteiger partial charge in [0, 0.05) is 12.8 Å². The molecule has 1 atom stereocenters. The van der Waals surface area contributed by atoms with Crippen LogP contribution in [0.4, 0.5) is 0 Å². The molecule has 0 radical (unpaired) electrons. The van der Waals surface area contributed by atoms with Gasteiger partial charge in [0.1, 0.15) is 6.10 Å². The van der Waals surface area contributed by atoms with E-state index in [2.05, 4.69) is 26.0 Å². The van der Waals surface area contributed by atoms with Crippen LogP contribution < -0.4 is 0 Å². The van der Waals surface area contributed by atoms with Crippen LogP contribution in [0.3, 0.4) is 0 Å². The summed E-state index contributed by atoms with van der Waals surface area (Å²) in [4.78, 5) is 23.1. The minimum absolute atomic E-state index is 0.0243. The lowest BCUT2D eigenvalue weighted by molar-refractivity contribution is -0.150. The fourth-order valence-electron chi connectivity index (χ4n) is 4.82. The summed E-state index contributed by atoms with van der Waals surface area (Å²) in [5, 5.41) is 8.77. The van der Waals surface area contributed by atoms with Gasteiger partial charge in [0.15, 0.2) is 0 Å². The zero-order valence-electron chi connectivity index (χ0n) is 24.8. The van der Waals surface area contributed by atoms with Gasteiger partial charge in [0.2, 0.25) is 0 Å². The van der Waals surface area contributed by atoms with E-state index < -0.39 is 5.97 Å². The summed E-state index contributed by atoms with van der Waals surface area (Å²) in [5.74, 6) is -0.737. The van der Waals surface area contributed by atoms with Crippen LogP contribution in [0.1, 0.15) is 181 Å². The Labute approximate surface area is 230 Å². The number of carboxylic acids is 1. The van der Waals surface area contributed by atoms with Crippen LogP contribution in [-0.4, -0.2) is 23.1 Å². The van der Waals surface area contributed by atoms with Crippen molar-refractivity contribution < 1.29 is 19.4 Å². The van der Waals surface area contributed by atoms with Crippen molar-refractivity contribution in [2.75, 3.05) is 0 Å². The molecule has 4 heteroatoms. The van der Waals surface area contributed by atoms with Crippen molar-refractivity contribution in [3.63, 3.8) is 0 Å². The van der Waals surface area contributed by atoms with Gasteiger partial charge in [0.05, 0.1) is 0 Å². The molecule has 0 amide bonds. The third-order valence-electron chi connectivity index (χ3n) is 7.24. The lowest BCUT2D eigenvalue weighted by Crippen LogP contribution is -2.18. The summed E-state index contributed by atoms with van der Waals surface area (Å²) < 4.78 is 5.89. The van der Waals surface area contributed by atoms with Gasteiger partial charge >= 0.3 is 11.9 Å². The Hall–Kier alpha value is -1.32. The predicted molar refractivity (Wildman–Crippen MR) is 158 cm³/mol. The maximum absolute atomic E-state index is 12.5. The molecule has 1 N–H and O–H groups in total. The molecule has 0 fully saturated rings. The van der Waals surface area contributed by atoms with Crippen LogP contribution in [0.5, 0.6) is 0 Å². The van der Waals surface area contributed by atoms with Crippen LogP contribution >= 0.6 is 0 Å². The number of aliphatic carboxylic acids is 1. The maximum atomic E-state index is 12.5. The molecule has 4 nitrogen and oxygen atoms in total. The second-order valence-corrected chi connectivity index (χ2v) is 11.0. The third kappa shape index (κ3) is 29.1. The number of carbonyl (C=O) groups is 2. The van der Waals surface area contributed by atoms with E-state index in [1.807, 2.05) is 0 Å². The average molecular weight is 523 g/mol. The van der Waals surface area contributed by atoms with Crippen molar-refractivity contribution in [1.29, 1.82) is 0 Å². The van der Waals surface area contributed by atoms with E-state index in [1.165, 1.54) is 96.3 Å². The number of esters is 1. The number of ether oxygens (including phenoxy) is 1. The largest absolute Gasteiger partial charge is 0.481 e. The number of carbonyl (C=O) groups excluding carboxylic acids is 1. The molecule has 0 aromatic heterocycles. The van der Waals surface area contributed by atoms with Crippen LogP contribution in [-0.2, 0) is 14.3 Å². The highest BCUT2D eigenvalue weighted by Gasteiger charge is 2.14. The van der Waals surface area contributed by atoms with Gasteiger partial charge in [-0.25, -0.2) is 0 Å². The van der Waals surface area contributed by atoms with E-state index in [0.29, 0.717) is 6.42 Å². The van der Waals surface area contributed by atoms with Gasteiger partial charge in [-0.15, -0.1) is 0 Å². The predicted octanol–water partition coefficient (Wildman–Crippen LogP) is 10.7. The highest BCUT2D eigenvalue weighted by molar-refractivity contribution is 5.69. The Morgan fingerprint density at radius 3 is 1.46 bits per heavy atom. The first-order valence-corrected chi connectivity index (χ1v) is 16.2. The van der Waals surface area contributed by atoms with Crippen molar-refractivity contribution in [3.8, 4) is 0 Å². The number of hydrogen-bond donors (Lipinski definition) is 1. The van der Waals surface area contributed by atoms with E-state index in [4.69, 9.17) is 9.84 Å². The van der Waals surface area contributed by atoms with Gasteiger partial charge in [0.25, 0.3) is 0 Å². The van der Waals surface area contributed by atoms with E-state index in [1.54, 1.807) is 0 Å². The number of rotatable bonds is 29. The molecule has 218 valence electrons. The monoisotopic (exact) mass is 522 g/mol. The van der Waals surface area contributed by atoms with Crippen molar-refractivity contribution in [2.45, 2.75) is 187 Å². The minimum Gasteiger partial charge on any atom is -0.481 e. The van der Waals surface area contributed by atoms with Crippen molar-refractivity contribution in [2.24, 2.45) is 0 Å². The van der Waals surface area contributed by atoms with Crippen LogP contribution in [0.15, 0.2) is 12.2 Å². The lowest BCUT2D eigenvalue weighted by atomic mass is 10.0. The molecule has 0 saturated carbocycles. The summed E-state index contributed by atoms with van der Waals surface area (Å²) >= 11 is 0. The Kier molecular flexibility index (Phi) is 28.2. The molecular weight excluding hydrogens is 460 g/mol. The zero-order valence-corrected chi connectivity index (χ0v) is 24.8. The first-order chi connectivity index (χ1) is 18.1. The average Bonchev–Trinajstić information content (AvgIpc) is 2.87. The van der Waals surface area contributed by atoms with E-state index in [-0.39, 0.29) is 18.5 Å². The summed E-state index contributed by atoms with van der Waals surface area (Å²) in [6, 6.07) is 0. The second kappa shape index (κ2) is 29.2. The molecule has 1 unspecified atom stereocenters. The highest BCUT2D eigenvalue weighted by atomic mass is 16.5. The summed E-state index contributed by atoms with van der Waals surface area (Å²) in [5.41, 5.74) is 0. The first-order valence-electron chi connectivity index (χ1n) is 16.2. The van der Waals surface area contributed by atoms with Gasteiger partial charge in [-0.05, 0) is 64.2 Å². The topological polar surface area (TPSA) is 63.6 Å². The second-order valence-electron chi connectivity index (χ2n) is 11.0. The normalized spacial score (nSPS) is 12.3. The number of hydrogen-bond acceptors (Lipinski definition) is 3. The Morgan fingerprint density at radius 2 is 0.973 bits per heavy atom. The molecule has 0 aromatic carbocycles. The van der Waals surface area contributed by atoms with Gasteiger partial charge in [-0.1, -0.05) is 116 Å². The Morgan fingerprint density at radius 1 is 0.568 bits per heavy atom. The summed E-state index contributed by atoms with van der Waals surface area (Å²) in [7, 11) is 0. The third-order valence-corrected chi connectivity index (χ3v) is 7.24. The van der Waals surface area contributed by atoms with E-state index in [0.717, 1.165) is 57.8 Å². The lowest BCUT2D eigenvalue weighted by Gasteiger charge is -2.18. The molecule has 0 aliphatic heterocycles. The molecule has 0 aliphatic carbocycles. The van der Waals surface area contributed by atoms with Crippen LogP contribution in [0.2, 0.25) is 0 Å². The smallest absolute Gasteiger partial charge is 0.306 e. The van der Waals surface area contributed by atoms with Gasteiger partial charge in [-0.3, -0.25) is 9.59 Å². The number of carboxylic acid groups (broad SMARTS) is 1. The number of unbranched alkanes of at least 4 members (excludes halogenated alkanes) is 18. The maximum Gasteiger partial charge on any atom is 0.306 e. The van der Waals surface area contributed by atoms with Gasteiger partial charge < -0.3 is 9.84 Å². The fourth-order valence-corrected chi connectivity index (χ4v) is 4.82. The van der Waals surface area contributed by atoms with E-state index >= 15 is 0 Å². The van der Waals surface area contributed by atoms with Crippen LogP contribution in [0.25, 0.3) is 0 Å². The first kappa shape index (κ1) is 35.7. The van der Waals surface area contributed by atoms with Gasteiger partial charge in [-0.2, -0.15) is 0 Å². The fraction of sp³-hybridized carbons (Fsp3) is 0.879. The standard InChI is InChI=1S/C33H62O4/c1-3-5-7-9-11-12-13-14-15-16-17-18-20-26-30-33(36)37-31(27-23-19-10-8-6-4-2)28-24-21-22-25-29-32(34)35/h13-14,31H,3-12,15-30H2,1-2H3,(H,34,35)/b14-13-. The van der Waals surface area contributed by atoms with Crippen molar-refractivity contribution >= 4 is 11.9 Å². The van der Waals surface area contributed by atoms with Crippen molar-refractivity contribution in [1.82, 2.24) is 0 Å².